The molecule has 2 amide bonds. The molecule has 3 heteroatoms. The minimum absolute atomic E-state index is 0.0375. The Balaban J connectivity index is 2.06. The summed E-state index contributed by atoms with van der Waals surface area (Å²) in [7, 11) is 0. The molecule has 2 rings (SSSR count). The monoisotopic (exact) mass is 218 g/mol. The molecule has 1 saturated carbocycles. The van der Waals surface area contributed by atoms with E-state index in [2.05, 4.69) is 12.2 Å². The Morgan fingerprint density at radius 2 is 2.06 bits per heavy atom. The fourth-order valence-corrected chi connectivity index (χ4v) is 1.66. The number of nitrogens with zero attached hydrogens (tertiary/aromatic N) is 1. The molecule has 0 aromatic heterocycles. The van der Waals surface area contributed by atoms with Gasteiger partial charge in [0.1, 0.15) is 0 Å². The van der Waals surface area contributed by atoms with Crippen LogP contribution in [0.3, 0.4) is 0 Å². The highest BCUT2D eigenvalue weighted by Crippen LogP contribution is 2.20. The van der Waals surface area contributed by atoms with Gasteiger partial charge in [0.05, 0.1) is 0 Å². The number of nitrogens with one attached hydrogen (secondary N) is 1. The fraction of sp³-hybridized carbons (Fsp3) is 0.462. The van der Waals surface area contributed by atoms with Crippen LogP contribution in [-0.2, 0) is 0 Å². The summed E-state index contributed by atoms with van der Waals surface area (Å²) in [6, 6.07) is 10.3. The second kappa shape index (κ2) is 5.01. The maximum atomic E-state index is 12.0. The van der Waals surface area contributed by atoms with Crippen LogP contribution in [0.4, 0.5) is 10.5 Å². The van der Waals surface area contributed by atoms with E-state index in [1.165, 1.54) is 0 Å². The van der Waals surface area contributed by atoms with Crippen molar-refractivity contribution in [2.45, 2.75) is 32.2 Å². The SMILES string of the molecule is CCCN(C(=O)NC1CC1)c1ccccc1. The lowest BCUT2D eigenvalue weighted by Crippen LogP contribution is -2.41. The summed E-state index contributed by atoms with van der Waals surface area (Å²) in [5.41, 5.74) is 0.975. The molecule has 86 valence electrons. The van der Waals surface area contributed by atoms with Crippen LogP contribution in [0.5, 0.6) is 0 Å². The molecule has 1 aromatic rings. The highest BCUT2D eigenvalue weighted by molar-refractivity contribution is 5.92. The maximum absolute atomic E-state index is 12.0. The number of para-hydroxylation sites is 1. The quantitative estimate of drug-likeness (QED) is 0.828. The molecule has 1 aliphatic rings. The molecule has 0 aliphatic heterocycles. The number of hydrogen-bond acceptors (Lipinski definition) is 1. The smallest absolute Gasteiger partial charge is 0.322 e. The van der Waals surface area contributed by atoms with Gasteiger partial charge in [-0.25, -0.2) is 4.79 Å². The molecule has 1 N–H and O–H groups in total. The first kappa shape index (κ1) is 11.0. The van der Waals surface area contributed by atoms with Crippen molar-refractivity contribution in [3.8, 4) is 0 Å². The van der Waals surface area contributed by atoms with E-state index in [0.29, 0.717) is 6.04 Å². The molecule has 1 aromatic carbocycles. The third-order valence-corrected chi connectivity index (χ3v) is 2.67. The Morgan fingerprint density at radius 3 is 2.62 bits per heavy atom. The molecule has 3 nitrogen and oxygen atoms in total. The highest BCUT2D eigenvalue weighted by Gasteiger charge is 2.26. The van der Waals surface area contributed by atoms with E-state index in [9.17, 15) is 4.79 Å². The Kier molecular flexibility index (Phi) is 3.44. The number of hydrogen-bond donors (Lipinski definition) is 1. The minimum Gasteiger partial charge on any atom is -0.335 e. The Hall–Kier alpha value is -1.51. The number of urea groups is 1. The van der Waals surface area contributed by atoms with Crippen molar-refractivity contribution in [1.29, 1.82) is 0 Å². The Morgan fingerprint density at radius 1 is 1.38 bits per heavy atom. The van der Waals surface area contributed by atoms with Crippen LogP contribution >= 0.6 is 0 Å². The topological polar surface area (TPSA) is 32.3 Å². The Labute approximate surface area is 96.5 Å². The molecular formula is C13H18N2O. The molecule has 1 aliphatic carbocycles. The summed E-state index contributed by atoms with van der Waals surface area (Å²) in [4.78, 5) is 13.8. The van der Waals surface area contributed by atoms with E-state index in [4.69, 9.17) is 0 Å². The summed E-state index contributed by atoms with van der Waals surface area (Å²) in [5, 5.41) is 3.02. The van der Waals surface area contributed by atoms with Crippen molar-refractivity contribution in [3.05, 3.63) is 30.3 Å². The first-order valence-electron chi connectivity index (χ1n) is 5.94. The fourth-order valence-electron chi connectivity index (χ4n) is 1.66. The van der Waals surface area contributed by atoms with Crippen LogP contribution < -0.4 is 10.2 Å². The third-order valence-electron chi connectivity index (χ3n) is 2.67. The van der Waals surface area contributed by atoms with Crippen LogP contribution in [-0.4, -0.2) is 18.6 Å². The van der Waals surface area contributed by atoms with Gasteiger partial charge >= 0.3 is 6.03 Å². The largest absolute Gasteiger partial charge is 0.335 e. The molecule has 0 unspecified atom stereocenters. The molecule has 0 bridgehead atoms. The molecule has 16 heavy (non-hydrogen) atoms. The number of rotatable bonds is 4. The van der Waals surface area contributed by atoms with Crippen molar-refractivity contribution in [2.75, 3.05) is 11.4 Å². The lowest BCUT2D eigenvalue weighted by Gasteiger charge is -2.22. The van der Waals surface area contributed by atoms with Gasteiger partial charge < -0.3 is 5.32 Å². The second-order valence-corrected chi connectivity index (χ2v) is 4.21. The van der Waals surface area contributed by atoms with Gasteiger partial charge in [-0.1, -0.05) is 25.1 Å². The van der Waals surface area contributed by atoms with E-state index in [0.717, 1.165) is 31.5 Å². The van der Waals surface area contributed by atoms with Crippen LogP contribution in [0.25, 0.3) is 0 Å². The molecule has 0 spiro atoms. The van der Waals surface area contributed by atoms with Gasteiger partial charge in [0.25, 0.3) is 0 Å². The van der Waals surface area contributed by atoms with Crippen LogP contribution in [0.1, 0.15) is 26.2 Å². The number of anilines is 1. The van der Waals surface area contributed by atoms with Crippen molar-refractivity contribution in [3.63, 3.8) is 0 Å². The minimum atomic E-state index is 0.0375. The molecule has 0 heterocycles. The van der Waals surface area contributed by atoms with Crippen LogP contribution in [0, 0.1) is 0 Å². The van der Waals surface area contributed by atoms with Crippen molar-refractivity contribution in [1.82, 2.24) is 5.32 Å². The zero-order valence-corrected chi connectivity index (χ0v) is 9.65. The molecular weight excluding hydrogens is 200 g/mol. The van der Waals surface area contributed by atoms with Crippen molar-refractivity contribution >= 4 is 11.7 Å². The van der Waals surface area contributed by atoms with Gasteiger partial charge in [-0.2, -0.15) is 0 Å². The maximum Gasteiger partial charge on any atom is 0.322 e. The summed E-state index contributed by atoms with van der Waals surface area (Å²) < 4.78 is 0. The molecule has 1 fully saturated rings. The molecule has 0 saturated heterocycles. The molecule has 0 atom stereocenters. The van der Waals surface area contributed by atoms with E-state index in [-0.39, 0.29) is 6.03 Å². The van der Waals surface area contributed by atoms with Gasteiger partial charge in [0, 0.05) is 18.3 Å². The van der Waals surface area contributed by atoms with Gasteiger partial charge in [-0.3, -0.25) is 4.90 Å². The van der Waals surface area contributed by atoms with Crippen LogP contribution in [0.2, 0.25) is 0 Å². The predicted molar refractivity (Wildman–Crippen MR) is 65.6 cm³/mol. The van der Waals surface area contributed by atoms with E-state index >= 15 is 0 Å². The van der Waals surface area contributed by atoms with Gasteiger partial charge in [-0.05, 0) is 31.4 Å². The van der Waals surface area contributed by atoms with Crippen molar-refractivity contribution in [2.24, 2.45) is 0 Å². The van der Waals surface area contributed by atoms with E-state index < -0.39 is 0 Å². The summed E-state index contributed by atoms with van der Waals surface area (Å²) in [6.45, 7) is 2.85. The van der Waals surface area contributed by atoms with Gasteiger partial charge in [0.15, 0.2) is 0 Å². The summed E-state index contributed by atoms with van der Waals surface area (Å²) in [6.07, 6.45) is 3.22. The first-order valence-corrected chi connectivity index (χ1v) is 5.94. The average Bonchev–Trinajstić information content (AvgIpc) is 3.11. The first-order chi connectivity index (χ1) is 7.81. The number of benzene rings is 1. The highest BCUT2D eigenvalue weighted by atomic mass is 16.2. The lowest BCUT2D eigenvalue weighted by molar-refractivity contribution is 0.246. The van der Waals surface area contributed by atoms with Crippen molar-refractivity contribution < 1.29 is 4.79 Å². The lowest BCUT2D eigenvalue weighted by atomic mass is 10.3. The second-order valence-electron chi connectivity index (χ2n) is 4.21. The number of carbonyl (C=O) groups excluding carboxylic acids is 1. The number of carbonyl (C=O) groups is 1. The zero-order chi connectivity index (χ0) is 11.4. The predicted octanol–water partition coefficient (Wildman–Crippen LogP) is 2.78. The summed E-state index contributed by atoms with van der Waals surface area (Å²) >= 11 is 0. The number of amides is 2. The normalized spacial score (nSPS) is 14.6. The van der Waals surface area contributed by atoms with E-state index in [1.807, 2.05) is 35.2 Å². The molecule has 0 radical (unpaired) electrons. The standard InChI is InChI=1S/C13H18N2O/c1-2-10-15(12-6-4-3-5-7-12)13(16)14-11-8-9-11/h3-7,11H,2,8-10H2,1H3,(H,14,16). The van der Waals surface area contributed by atoms with Gasteiger partial charge in [-0.15, -0.1) is 0 Å². The average molecular weight is 218 g/mol. The van der Waals surface area contributed by atoms with E-state index in [1.54, 1.807) is 0 Å². The zero-order valence-electron chi connectivity index (χ0n) is 9.65. The summed E-state index contributed by atoms with van der Waals surface area (Å²) in [5.74, 6) is 0. The third kappa shape index (κ3) is 2.75. The van der Waals surface area contributed by atoms with Gasteiger partial charge in [0.2, 0.25) is 0 Å². The Bertz CT molecular complexity index is 346. The van der Waals surface area contributed by atoms with Crippen LogP contribution in [0.15, 0.2) is 30.3 Å².